The maximum atomic E-state index is 14.5. The van der Waals surface area contributed by atoms with E-state index in [2.05, 4.69) is 25.4 Å². The molecule has 0 spiro atoms. The highest BCUT2D eigenvalue weighted by atomic mass is 16.7. The van der Waals surface area contributed by atoms with Crippen LogP contribution in [0.1, 0.15) is 112 Å². The highest BCUT2D eigenvalue weighted by Gasteiger charge is 2.53. The Labute approximate surface area is 425 Å². The summed E-state index contributed by atoms with van der Waals surface area (Å²) >= 11 is 0. The third kappa shape index (κ3) is 13.5. The van der Waals surface area contributed by atoms with Gasteiger partial charge in [-0.1, -0.05) is 55.4 Å². The van der Waals surface area contributed by atoms with Gasteiger partial charge in [0.1, 0.15) is 30.0 Å². The van der Waals surface area contributed by atoms with Crippen molar-refractivity contribution in [2.75, 3.05) is 34.3 Å². The summed E-state index contributed by atoms with van der Waals surface area (Å²) in [7, 11) is 5.29. The number of rotatable bonds is 14. The summed E-state index contributed by atoms with van der Waals surface area (Å²) in [6.45, 7) is 21.0. The van der Waals surface area contributed by atoms with Gasteiger partial charge in [-0.15, -0.1) is 5.10 Å². The third-order valence-corrected chi connectivity index (χ3v) is 15.8. The Morgan fingerprint density at radius 2 is 1.64 bits per heavy atom. The van der Waals surface area contributed by atoms with Gasteiger partial charge in [-0.05, 0) is 99.7 Å². The largest absolute Gasteiger partial charge is 0.459 e. The second-order valence-corrected chi connectivity index (χ2v) is 22.0. The van der Waals surface area contributed by atoms with Crippen molar-refractivity contribution < 1.29 is 63.3 Å². The molecule has 72 heavy (non-hydrogen) atoms. The van der Waals surface area contributed by atoms with Crippen LogP contribution in [0.15, 0.2) is 35.0 Å². The van der Waals surface area contributed by atoms with Gasteiger partial charge >= 0.3 is 5.97 Å². The lowest BCUT2D eigenvalue weighted by atomic mass is 9.77. The smallest absolute Gasteiger partial charge is 0.311 e. The van der Waals surface area contributed by atoms with Crippen molar-refractivity contribution in [1.29, 1.82) is 0 Å². The van der Waals surface area contributed by atoms with Crippen LogP contribution in [0, 0.1) is 24.7 Å². The van der Waals surface area contributed by atoms with Gasteiger partial charge in [-0.3, -0.25) is 9.48 Å². The number of hydrogen-bond acceptors (Lipinski definition) is 19. The Bertz CT molecular complexity index is 2180. The normalized spacial score (nSPS) is 39.1. The second kappa shape index (κ2) is 24.0. The first-order chi connectivity index (χ1) is 33.8. The molecule has 3 fully saturated rings. The number of aromatic nitrogens is 5. The molecule has 3 aliphatic rings. The number of ether oxygens (including phenoxy) is 6. The van der Waals surface area contributed by atoms with Crippen LogP contribution in [-0.2, 0) is 52.6 Å². The summed E-state index contributed by atoms with van der Waals surface area (Å²) < 4.78 is 45.3. The number of nitrogens with zero attached hydrogens (tertiary/aromatic N) is 7. The van der Waals surface area contributed by atoms with E-state index in [4.69, 9.17) is 32.9 Å². The van der Waals surface area contributed by atoms with Gasteiger partial charge in [0.25, 0.3) is 0 Å². The molecule has 0 saturated carbocycles. The topological polar surface area (TPSA) is 250 Å². The number of methoxy groups -OCH3 is 1. The van der Waals surface area contributed by atoms with Crippen molar-refractivity contribution in [2.24, 2.45) is 17.8 Å². The number of aliphatic hydroxyl groups is 5. The molecule has 18 atom stereocenters. The molecule has 3 saturated heterocycles. The standard InChI is InChI=1S/C52H85N7O13/c1-15-40-52(11,65)44(61)33(6)58(13)27-29(2)25-50(9,64)46(31(4)43(32(5)48(63)69-40)70-41-26-51(10,66-14)45(62)34(7)68-41)71-49-42(60)39(24-30(3)67-49)57(12)22-21-38-28-59(56-54-38)23-20-36-16-18-37(19-17-36)47-53-35(8)72-55-47/h16-19,28-34,39-46,49,60-62,64-65H,15,20-27H2,1-14H3/t29-,30-,31+,32-,33-,34+,39+,40-,41+,42-,43+,44-,45+,46-,49+,50-,51-,52-/m1/s1. The molecule has 2 aromatic heterocycles. The van der Waals surface area contributed by atoms with Gasteiger partial charge in [0, 0.05) is 76.3 Å². The Morgan fingerprint density at radius 1 is 0.944 bits per heavy atom. The van der Waals surface area contributed by atoms with E-state index in [-0.39, 0.29) is 31.3 Å². The molecule has 5 heterocycles. The average molecular weight is 1020 g/mol. The van der Waals surface area contributed by atoms with Crippen LogP contribution in [-0.4, -0.2) is 191 Å². The molecular formula is C52H85N7O13. The van der Waals surface area contributed by atoms with Crippen molar-refractivity contribution in [3.8, 4) is 11.4 Å². The zero-order valence-corrected chi connectivity index (χ0v) is 45.0. The summed E-state index contributed by atoms with van der Waals surface area (Å²) in [6.07, 6.45) is -5.74. The fraction of sp³-hybridized carbons (Fsp3) is 0.788. The third-order valence-electron chi connectivity index (χ3n) is 15.8. The van der Waals surface area contributed by atoms with E-state index < -0.39 is 102 Å². The van der Waals surface area contributed by atoms with Gasteiger partial charge in [-0.2, -0.15) is 4.98 Å². The van der Waals surface area contributed by atoms with Gasteiger partial charge in [-0.25, -0.2) is 0 Å². The SMILES string of the molecule is CC[C@H]1OC(=O)[C@H](C)[C@@H](O[C@H]2C[C@@](C)(OC)[C@@H](O)[C@H](C)O2)[C@H](C)[C@@H](O[C@@H]2O[C@H](C)C[C@H](N(C)CCc3cn(CCc4ccc(-c5noc(C)n5)cc4)nn3)[C@H]2O)[C@](C)(O)C[C@@H](C)CN(C)[C@H](C)[C@@H](O)[C@]1(C)O. The molecule has 6 rings (SSSR count). The maximum absolute atomic E-state index is 14.5. The quantitative estimate of drug-likeness (QED) is 0.144. The molecule has 0 unspecified atom stereocenters. The molecule has 1 aromatic carbocycles. The lowest BCUT2D eigenvalue weighted by Gasteiger charge is -2.49. The van der Waals surface area contributed by atoms with Crippen LogP contribution in [0.2, 0.25) is 0 Å². The first kappa shape index (κ1) is 57.8. The van der Waals surface area contributed by atoms with Gasteiger partial charge in [0.05, 0.1) is 47.2 Å². The van der Waals surface area contributed by atoms with E-state index in [1.165, 1.54) is 14.0 Å². The molecule has 5 N–H and O–H groups in total. The molecule has 0 radical (unpaired) electrons. The predicted molar refractivity (Wildman–Crippen MR) is 265 cm³/mol. The summed E-state index contributed by atoms with van der Waals surface area (Å²) in [5.74, 6) is -1.70. The van der Waals surface area contributed by atoms with E-state index in [1.54, 1.807) is 48.5 Å². The fourth-order valence-corrected chi connectivity index (χ4v) is 11.2. The summed E-state index contributed by atoms with van der Waals surface area (Å²) in [5.41, 5.74) is -1.71. The summed E-state index contributed by atoms with van der Waals surface area (Å²) in [4.78, 5) is 22.8. The molecule has 3 aromatic rings. The lowest BCUT2D eigenvalue weighted by Crippen LogP contribution is -2.61. The molecule has 20 nitrogen and oxygen atoms in total. The van der Waals surface area contributed by atoms with E-state index in [0.717, 1.165) is 23.2 Å². The Balaban J connectivity index is 1.22. The number of aliphatic hydroxyl groups excluding tert-OH is 3. The number of esters is 1. The number of aryl methyl sites for hydroxylation is 3. The number of cyclic esters (lactones) is 1. The van der Waals surface area contributed by atoms with Crippen molar-refractivity contribution in [3.05, 3.63) is 47.6 Å². The number of hydrogen-bond donors (Lipinski definition) is 5. The molecule has 0 amide bonds. The van der Waals surface area contributed by atoms with Crippen LogP contribution in [0.4, 0.5) is 0 Å². The average Bonchev–Trinajstić information content (AvgIpc) is 3.99. The first-order valence-electron chi connectivity index (χ1n) is 25.8. The van der Waals surface area contributed by atoms with E-state index in [9.17, 15) is 30.3 Å². The number of likely N-dealkylation sites (N-methyl/N-ethyl adjacent to an activating group) is 2. The number of benzene rings is 1. The van der Waals surface area contributed by atoms with Crippen LogP contribution >= 0.6 is 0 Å². The second-order valence-electron chi connectivity index (χ2n) is 22.0. The highest BCUT2D eigenvalue weighted by molar-refractivity contribution is 5.73. The predicted octanol–water partition coefficient (Wildman–Crippen LogP) is 3.71. The van der Waals surface area contributed by atoms with Crippen molar-refractivity contribution in [3.63, 3.8) is 0 Å². The summed E-state index contributed by atoms with van der Waals surface area (Å²) in [5, 5.41) is 72.5. The van der Waals surface area contributed by atoms with E-state index in [0.29, 0.717) is 44.2 Å². The molecule has 0 bridgehead atoms. The highest BCUT2D eigenvalue weighted by Crippen LogP contribution is 2.40. The fourth-order valence-electron chi connectivity index (χ4n) is 11.2. The molecule has 406 valence electrons. The van der Waals surface area contributed by atoms with E-state index in [1.807, 2.05) is 74.9 Å². The molecular weight excluding hydrogens is 931 g/mol. The Hall–Kier alpha value is -3.51. The van der Waals surface area contributed by atoms with Gasteiger partial charge in [0.15, 0.2) is 12.6 Å². The van der Waals surface area contributed by atoms with Crippen molar-refractivity contribution in [1.82, 2.24) is 34.9 Å². The molecule has 20 heteroatoms. The van der Waals surface area contributed by atoms with Crippen LogP contribution in [0.5, 0.6) is 0 Å². The van der Waals surface area contributed by atoms with Crippen LogP contribution < -0.4 is 0 Å². The number of carbonyl (C=O) groups excluding carboxylic acids is 1. The molecule has 3 aliphatic heterocycles. The maximum Gasteiger partial charge on any atom is 0.311 e. The van der Waals surface area contributed by atoms with Crippen LogP contribution in [0.25, 0.3) is 11.4 Å². The minimum Gasteiger partial charge on any atom is -0.459 e. The van der Waals surface area contributed by atoms with Crippen molar-refractivity contribution in [2.45, 2.75) is 212 Å². The minimum atomic E-state index is -1.83. The monoisotopic (exact) mass is 1020 g/mol. The van der Waals surface area contributed by atoms with E-state index >= 15 is 0 Å². The lowest BCUT2D eigenvalue weighted by molar-refractivity contribution is -0.318. The summed E-state index contributed by atoms with van der Waals surface area (Å²) in [6, 6.07) is 7.05. The molecule has 0 aliphatic carbocycles. The van der Waals surface area contributed by atoms with Gasteiger partial charge in [0.2, 0.25) is 11.7 Å². The van der Waals surface area contributed by atoms with Gasteiger partial charge < -0.3 is 68.3 Å². The Kier molecular flexibility index (Phi) is 19.3. The zero-order chi connectivity index (χ0) is 53.0. The first-order valence-corrected chi connectivity index (χ1v) is 25.8. The zero-order valence-electron chi connectivity index (χ0n) is 45.0. The van der Waals surface area contributed by atoms with Crippen molar-refractivity contribution >= 4 is 5.97 Å². The minimum absolute atomic E-state index is 0.104. The Morgan fingerprint density at radius 3 is 2.28 bits per heavy atom. The van der Waals surface area contributed by atoms with Crippen LogP contribution in [0.3, 0.4) is 0 Å². The number of carbonyl (C=O) groups is 1.